The minimum absolute atomic E-state index is 0.0536. The summed E-state index contributed by atoms with van der Waals surface area (Å²) in [6, 6.07) is 3.39. The first kappa shape index (κ1) is 16.0. The molecule has 0 aromatic carbocycles. The van der Waals surface area contributed by atoms with Crippen LogP contribution in [0, 0.1) is 0 Å². The summed E-state index contributed by atoms with van der Waals surface area (Å²) in [4.78, 5) is 12.8. The Morgan fingerprint density at radius 1 is 1.37 bits per heavy atom. The van der Waals surface area contributed by atoms with Gasteiger partial charge >= 0.3 is 6.03 Å². The van der Waals surface area contributed by atoms with Crippen molar-refractivity contribution in [3.63, 3.8) is 0 Å². The van der Waals surface area contributed by atoms with Gasteiger partial charge in [0.05, 0.1) is 11.8 Å². The van der Waals surface area contributed by atoms with E-state index in [0.717, 1.165) is 4.88 Å². The molecule has 2 N–H and O–H groups in total. The largest absolute Gasteiger partial charge is 0.336 e. The number of carbonyl (C=O) groups is 1. The van der Waals surface area contributed by atoms with Crippen LogP contribution < -0.4 is 10.6 Å². The number of hydrogen-bond donors (Lipinski definition) is 2. The molecule has 0 bridgehead atoms. The zero-order chi connectivity index (χ0) is 14.5. The number of nitrogens with one attached hydrogen (secondary N) is 2. The molecule has 108 valence electrons. The molecule has 7 heteroatoms. The maximum atomic E-state index is 11.7. The molecular formula is C12H20N2O3S2. The molecule has 0 radical (unpaired) electrons. The number of sulfone groups is 1. The van der Waals surface area contributed by atoms with E-state index < -0.39 is 9.84 Å². The van der Waals surface area contributed by atoms with Gasteiger partial charge in [0, 0.05) is 17.2 Å². The average Bonchev–Trinajstić information content (AvgIpc) is 2.78. The maximum Gasteiger partial charge on any atom is 0.315 e. The maximum absolute atomic E-state index is 11.7. The Kier molecular flexibility index (Phi) is 5.81. The number of urea groups is 1. The molecule has 2 unspecified atom stereocenters. The molecule has 0 aliphatic rings. The molecule has 19 heavy (non-hydrogen) atoms. The molecule has 2 amide bonds. The van der Waals surface area contributed by atoms with Crippen LogP contribution in [0.15, 0.2) is 17.5 Å². The van der Waals surface area contributed by atoms with E-state index in [1.54, 1.807) is 18.3 Å². The molecule has 0 fully saturated rings. The number of amides is 2. The van der Waals surface area contributed by atoms with Gasteiger partial charge in [-0.1, -0.05) is 6.07 Å². The number of hydrogen-bond acceptors (Lipinski definition) is 4. The predicted molar refractivity (Wildman–Crippen MR) is 78.2 cm³/mol. The summed E-state index contributed by atoms with van der Waals surface area (Å²) in [6.45, 7) is 3.70. The van der Waals surface area contributed by atoms with Crippen LogP contribution >= 0.6 is 11.3 Å². The molecule has 1 aromatic rings. The minimum atomic E-state index is -2.98. The molecule has 2 atom stereocenters. The lowest BCUT2D eigenvalue weighted by Crippen LogP contribution is -2.42. The van der Waals surface area contributed by atoms with E-state index >= 15 is 0 Å². The highest BCUT2D eigenvalue weighted by atomic mass is 32.2. The van der Waals surface area contributed by atoms with Crippen LogP contribution in [-0.2, 0) is 9.84 Å². The van der Waals surface area contributed by atoms with Crippen LogP contribution in [0.25, 0.3) is 0 Å². The Labute approximate surface area is 118 Å². The normalized spacial score (nSPS) is 14.7. The first-order valence-corrected chi connectivity index (χ1v) is 9.00. The van der Waals surface area contributed by atoms with Crippen molar-refractivity contribution >= 4 is 27.2 Å². The average molecular weight is 304 g/mol. The van der Waals surface area contributed by atoms with Gasteiger partial charge in [-0.15, -0.1) is 11.3 Å². The molecule has 0 saturated heterocycles. The van der Waals surface area contributed by atoms with Gasteiger partial charge < -0.3 is 10.6 Å². The number of rotatable bonds is 6. The molecule has 1 heterocycles. The Hall–Kier alpha value is -1.08. The minimum Gasteiger partial charge on any atom is -0.336 e. The number of thiophene rings is 1. The SMILES string of the molecule is CC(CCS(C)(=O)=O)NC(=O)NC(C)c1cccs1. The second kappa shape index (κ2) is 6.91. The second-order valence-corrected chi connectivity index (χ2v) is 7.91. The van der Waals surface area contributed by atoms with Crippen LogP contribution in [-0.4, -0.2) is 32.5 Å². The van der Waals surface area contributed by atoms with Gasteiger partial charge in [0.15, 0.2) is 0 Å². The monoisotopic (exact) mass is 304 g/mol. The molecular weight excluding hydrogens is 284 g/mol. The summed E-state index contributed by atoms with van der Waals surface area (Å²) >= 11 is 1.58. The van der Waals surface area contributed by atoms with Crippen molar-refractivity contribution in [1.29, 1.82) is 0 Å². The third kappa shape index (κ3) is 6.58. The van der Waals surface area contributed by atoms with Crippen LogP contribution in [0.3, 0.4) is 0 Å². The predicted octanol–water partition coefficient (Wildman–Crippen LogP) is 1.93. The van der Waals surface area contributed by atoms with Gasteiger partial charge in [-0.3, -0.25) is 0 Å². The first-order valence-electron chi connectivity index (χ1n) is 6.06. The Morgan fingerprint density at radius 2 is 2.05 bits per heavy atom. The van der Waals surface area contributed by atoms with Gasteiger partial charge in [-0.05, 0) is 31.7 Å². The van der Waals surface area contributed by atoms with Crippen LogP contribution in [0.2, 0.25) is 0 Å². The van der Waals surface area contributed by atoms with Crippen LogP contribution in [0.1, 0.15) is 31.2 Å². The van der Waals surface area contributed by atoms with Gasteiger partial charge in [0.25, 0.3) is 0 Å². The third-order valence-corrected chi connectivity index (χ3v) is 4.65. The fourth-order valence-electron chi connectivity index (χ4n) is 1.53. The lowest BCUT2D eigenvalue weighted by Gasteiger charge is -2.17. The molecule has 1 aromatic heterocycles. The van der Waals surface area contributed by atoms with Gasteiger partial charge in [0.2, 0.25) is 0 Å². The topological polar surface area (TPSA) is 75.3 Å². The molecule has 0 aliphatic carbocycles. The fourth-order valence-corrected chi connectivity index (χ4v) is 3.05. The molecule has 0 saturated carbocycles. The first-order chi connectivity index (χ1) is 8.78. The van der Waals surface area contributed by atoms with Crippen molar-refractivity contribution in [2.45, 2.75) is 32.4 Å². The highest BCUT2D eigenvalue weighted by molar-refractivity contribution is 7.90. The van der Waals surface area contributed by atoms with Gasteiger partial charge in [-0.25, -0.2) is 13.2 Å². The van der Waals surface area contributed by atoms with Crippen molar-refractivity contribution in [3.8, 4) is 0 Å². The second-order valence-electron chi connectivity index (χ2n) is 4.67. The van der Waals surface area contributed by atoms with Gasteiger partial charge in [0.1, 0.15) is 9.84 Å². The lowest BCUT2D eigenvalue weighted by atomic mass is 10.2. The standard InChI is InChI=1S/C12H20N2O3S2/c1-9(6-8-19(3,16)17)13-12(15)14-10(2)11-5-4-7-18-11/h4-5,7,9-10H,6,8H2,1-3H3,(H2,13,14,15). The van der Waals surface area contributed by atoms with Crippen molar-refractivity contribution in [2.24, 2.45) is 0 Å². The third-order valence-electron chi connectivity index (χ3n) is 2.62. The highest BCUT2D eigenvalue weighted by Gasteiger charge is 2.13. The molecule has 0 aliphatic heterocycles. The summed E-state index contributed by atoms with van der Waals surface area (Å²) in [5, 5.41) is 7.52. The van der Waals surface area contributed by atoms with E-state index in [0.29, 0.717) is 6.42 Å². The van der Waals surface area contributed by atoms with E-state index in [1.165, 1.54) is 6.26 Å². The van der Waals surface area contributed by atoms with Crippen LogP contribution in [0.4, 0.5) is 4.79 Å². The van der Waals surface area contributed by atoms with Crippen molar-refractivity contribution in [1.82, 2.24) is 10.6 Å². The number of carbonyl (C=O) groups excluding carboxylic acids is 1. The fraction of sp³-hybridized carbons (Fsp3) is 0.583. The Balaban J connectivity index is 2.34. The Morgan fingerprint density at radius 3 is 2.58 bits per heavy atom. The summed E-state index contributed by atoms with van der Waals surface area (Å²) in [6.07, 6.45) is 1.61. The summed E-state index contributed by atoms with van der Waals surface area (Å²) in [5.74, 6) is 0.0783. The zero-order valence-electron chi connectivity index (χ0n) is 11.3. The zero-order valence-corrected chi connectivity index (χ0v) is 13.0. The summed E-state index contributed by atoms with van der Waals surface area (Å²) < 4.78 is 22.1. The smallest absolute Gasteiger partial charge is 0.315 e. The van der Waals surface area contributed by atoms with E-state index in [2.05, 4.69) is 10.6 Å². The van der Waals surface area contributed by atoms with Gasteiger partial charge in [-0.2, -0.15) is 0 Å². The summed E-state index contributed by atoms with van der Waals surface area (Å²) in [7, 11) is -2.98. The van der Waals surface area contributed by atoms with Crippen molar-refractivity contribution < 1.29 is 13.2 Å². The van der Waals surface area contributed by atoms with Crippen molar-refractivity contribution in [3.05, 3.63) is 22.4 Å². The van der Waals surface area contributed by atoms with E-state index in [9.17, 15) is 13.2 Å². The van der Waals surface area contributed by atoms with E-state index in [1.807, 2.05) is 24.4 Å². The van der Waals surface area contributed by atoms with Crippen LogP contribution in [0.5, 0.6) is 0 Å². The molecule has 1 rings (SSSR count). The lowest BCUT2D eigenvalue weighted by molar-refractivity contribution is 0.234. The summed E-state index contributed by atoms with van der Waals surface area (Å²) in [5.41, 5.74) is 0. The molecule has 5 nitrogen and oxygen atoms in total. The van der Waals surface area contributed by atoms with Crippen molar-refractivity contribution in [2.75, 3.05) is 12.0 Å². The highest BCUT2D eigenvalue weighted by Crippen LogP contribution is 2.17. The van der Waals surface area contributed by atoms with E-state index in [4.69, 9.17) is 0 Å². The molecule has 0 spiro atoms. The van der Waals surface area contributed by atoms with E-state index in [-0.39, 0.29) is 23.9 Å². The quantitative estimate of drug-likeness (QED) is 0.843. The Bertz CT molecular complexity index is 497.